The summed E-state index contributed by atoms with van der Waals surface area (Å²) in [6.07, 6.45) is 5.63. The summed E-state index contributed by atoms with van der Waals surface area (Å²) in [6.45, 7) is 1.77. The number of methoxy groups -OCH3 is 1. The third-order valence-electron chi connectivity index (χ3n) is 5.62. The second-order valence-corrected chi connectivity index (χ2v) is 7.56. The topological polar surface area (TPSA) is 77.8 Å². The fourth-order valence-corrected chi connectivity index (χ4v) is 4.03. The smallest absolute Gasteiger partial charge is 0.344 e. The molecule has 0 bridgehead atoms. The third-order valence-corrected chi connectivity index (χ3v) is 5.62. The minimum Gasteiger partial charge on any atom is -0.497 e. The van der Waals surface area contributed by atoms with Crippen LogP contribution in [0.5, 0.6) is 11.5 Å². The molecule has 29 heavy (non-hydrogen) atoms. The van der Waals surface area contributed by atoms with Crippen LogP contribution >= 0.6 is 0 Å². The van der Waals surface area contributed by atoms with Gasteiger partial charge in [-0.25, -0.2) is 4.79 Å². The summed E-state index contributed by atoms with van der Waals surface area (Å²) in [4.78, 5) is 24.7. The first kappa shape index (κ1) is 19.3. The number of hydrogen-bond donors (Lipinski definition) is 1. The van der Waals surface area contributed by atoms with Gasteiger partial charge in [-0.1, -0.05) is 19.3 Å². The van der Waals surface area contributed by atoms with E-state index in [4.69, 9.17) is 13.9 Å². The van der Waals surface area contributed by atoms with Gasteiger partial charge in [-0.15, -0.1) is 0 Å². The Hall–Kier alpha value is -3.02. The lowest BCUT2D eigenvalue weighted by atomic mass is 9.95. The molecule has 0 saturated heterocycles. The van der Waals surface area contributed by atoms with E-state index in [9.17, 15) is 9.59 Å². The number of aryl methyl sites for hydroxylation is 1. The van der Waals surface area contributed by atoms with E-state index < -0.39 is 5.63 Å². The number of carbonyl (C=O) groups is 1. The van der Waals surface area contributed by atoms with E-state index in [1.807, 2.05) is 31.2 Å². The Kier molecular flexibility index (Phi) is 5.43. The molecule has 1 aliphatic carbocycles. The van der Waals surface area contributed by atoms with Crippen LogP contribution in [-0.4, -0.2) is 25.7 Å². The van der Waals surface area contributed by atoms with Crippen LogP contribution in [-0.2, 0) is 4.79 Å². The zero-order valence-corrected chi connectivity index (χ0v) is 16.7. The average molecular weight is 395 g/mol. The van der Waals surface area contributed by atoms with Crippen LogP contribution in [0.3, 0.4) is 0 Å². The number of benzene rings is 2. The molecule has 1 amide bonds. The highest BCUT2D eigenvalue weighted by Gasteiger charge is 2.17. The van der Waals surface area contributed by atoms with Crippen LogP contribution in [0, 0.1) is 6.92 Å². The Morgan fingerprint density at radius 1 is 1.10 bits per heavy atom. The molecule has 0 unspecified atom stereocenters. The molecule has 2 aromatic carbocycles. The number of amides is 1. The molecule has 6 nitrogen and oxygen atoms in total. The molecule has 1 N–H and O–H groups in total. The molecule has 0 atom stereocenters. The maximum atomic E-state index is 12.5. The lowest BCUT2D eigenvalue weighted by molar-refractivity contribution is -0.124. The SMILES string of the molecule is COc1ccc2c(c1)c(=O)oc1c(C)c(OCC(=O)NC3CCCCC3)ccc12. The molecule has 0 spiro atoms. The Morgan fingerprint density at radius 2 is 1.86 bits per heavy atom. The minimum absolute atomic E-state index is 0.0577. The van der Waals surface area contributed by atoms with Crippen molar-refractivity contribution in [1.29, 1.82) is 0 Å². The van der Waals surface area contributed by atoms with E-state index in [1.54, 1.807) is 13.2 Å². The standard InChI is InChI=1S/C23H25NO5/c1-14-20(28-13-21(25)24-15-6-4-3-5-7-15)11-10-18-17-9-8-16(27-2)12-19(17)23(26)29-22(14)18/h8-12,15H,3-7,13H2,1-2H3,(H,24,25). The van der Waals surface area contributed by atoms with Crippen molar-refractivity contribution in [3.8, 4) is 11.5 Å². The van der Waals surface area contributed by atoms with Gasteiger partial charge in [-0.2, -0.15) is 0 Å². The summed E-state index contributed by atoms with van der Waals surface area (Å²) >= 11 is 0. The molecule has 0 radical (unpaired) electrons. The average Bonchev–Trinajstić information content (AvgIpc) is 2.74. The van der Waals surface area contributed by atoms with Crippen LogP contribution in [0.25, 0.3) is 21.7 Å². The van der Waals surface area contributed by atoms with Gasteiger partial charge in [-0.05, 0) is 50.1 Å². The van der Waals surface area contributed by atoms with Gasteiger partial charge in [-0.3, -0.25) is 4.79 Å². The Balaban J connectivity index is 1.58. The first-order valence-electron chi connectivity index (χ1n) is 10.0. The number of carbonyl (C=O) groups excluding carboxylic acids is 1. The van der Waals surface area contributed by atoms with Gasteiger partial charge in [0.05, 0.1) is 12.5 Å². The molecule has 1 heterocycles. The third kappa shape index (κ3) is 3.92. The van der Waals surface area contributed by atoms with Crippen molar-refractivity contribution in [1.82, 2.24) is 5.32 Å². The van der Waals surface area contributed by atoms with Crippen molar-refractivity contribution >= 4 is 27.6 Å². The molecule has 1 fully saturated rings. The summed E-state index contributed by atoms with van der Waals surface area (Å²) in [5, 5.41) is 5.12. The van der Waals surface area contributed by atoms with E-state index in [1.165, 1.54) is 6.42 Å². The van der Waals surface area contributed by atoms with E-state index in [2.05, 4.69) is 5.32 Å². The van der Waals surface area contributed by atoms with Crippen LogP contribution in [0.2, 0.25) is 0 Å². The van der Waals surface area contributed by atoms with Gasteiger partial charge in [0.1, 0.15) is 17.1 Å². The van der Waals surface area contributed by atoms with E-state index in [0.717, 1.165) is 36.5 Å². The van der Waals surface area contributed by atoms with E-state index in [0.29, 0.717) is 28.0 Å². The van der Waals surface area contributed by atoms with Crippen molar-refractivity contribution in [2.75, 3.05) is 13.7 Å². The van der Waals surface area contributed by atoms with Gasteiger partial charge in [0.25, 0.3) is 5.91 Å². The molecule has 0 aliphatic heterocycles. The van der Waals surface area contributed by atoms with Crippen molar-refractivity contribution in [2.45, 2.75) is 45.1 Å². The molecule has 4 rings (SSSR count). The largest absolute Gasteiger partial charge is 0.497 e. The highest BCUT2D eigenvalue weighted by Crippen LogP contribution is 2.32. The van der Waals surface area contributed by atoms with Crippen LogP contribution in [0.1, 0.15) is 37.7 Å². The second-order valence-electron chi connectivity index (χ2n) is 7.56. The summed E-state index contributed by atoms with van der Waals surface area (Å²) in [7, 11) is 1.56. The van der Waals surface area contributed by atoms with Crippen molar-refractivity contribution < 1.29 is 18.7 Å². The van der Waals surface area contributed by atoms with Gasteiger partial charge in [0.15, 0.2) is 6.61 Å². The number of rotatable bonds is 5. The number of nitrogens with one attached hydrogen (secondary N) is 1. The Labute approximate surface area is 168 Å². The number of fused-ring (bicyclic) bond motifs is 3. The molecule has 152 valence electrons. The zero-order chi connectivity index (χ0) is 20.4. The first-order valence-corrected chi connectivity index (χ1v) is 10.0. The van der Waals surface area contributed by atoms with Crippen molar-refractivity contribution in [3.63, 3.8) is 0 Å². The summed E-state index contributed by atoms with van der Waals surface area (Å²) in [5.74, 6) is 1.01. The maximum Gasteiger partial charge on any atom is 0.344 e. The molecule has 1 saturated carbocycles. The highest BCUT2D eigenvalue weighted by atomic mass is 16.5. The lowest BCUT2D eigenvalue weighted by Crippen LogP contribution is -2.39. The Morgan fingerprint density at radius 3 is 2.62 bits per heavy atom. The van der Waals surface area contributed by atoms with Crippen molar-refractivity contribution in [2.24, 2.45) is 0 Å². The fourth-order valence-electron chi connectivity index (χ4n) is 4.03. The zero-order valence-electron chi connectivity index (χ0n) is 16.7. The maximum absolute atomic E-state index is 12.5. The fraction of sp³-hybridized carbons (Fsp3) is 0.391. The normalized spacial score (nSPS) is 14.8. The van der Waals surface area contributed by atoms with Crippen molar-refractivity contribution in [3.05, 3.63) is 46.3 Å². The molecule has 1 aromatic heterocycles. The molecule has 3 aromatic rings. The summed E-state index contributed by atoms with van der Waals surface area (Å²) in [6, 6.07) is 9.26. The first-order chi connectivity index (χ1) is 14.1. The highest BCUT2D eigenvalue weighted by molar-refractivity contribution is 6.06. The quantitative estimate of drug-likeness (QED) is 0.520. The predicted octanol–water partition coefficient (Wildman–Crippen LogP) is 4.09. The predicted molar refractivity (Wildman–Crippen MR) is 112 cm³/mol. The molecule has 1 aliphatic rings. The summed E-state index contributed by atoms with van der Waals surface area (Å²) < 4.78 is 16.5. The van der Waals surface area contributed by atoms with E-state index >= 15 is 0 Å². The van der Waals surface area contributed by atoms with Gasteiger partial charge in [0, 0.05) is 22.4 Å². The second kappa shape index (κ2) is 8.15. The van der Waals surface area contributed by atoms with E-state index in [-0.39, 0.29) is 18.6 Å². The van der Waals surface area contributed by atoms with Gasteiger partial charge in [0.2, 0.25) is 0 Å². The van der Waals surface area contributed by atoms with Gasteiger partial charge < -0.3 is 19.2 Å². The molecular weight excluding hydrogens is 370 g/mol. The number of hydrogen-bond acceptors (Lipinski definition) is 5. The molecule has 6 heteroatoms. The molecular formula is C23H25NO5. The van der Waals surface area contributed by atoms with Crippen LogP contribution in [0.4, 0.5) is 0 Å². The monoisotopic (exact) mass is 395 g/mol. The Bertz CT molecular complexity index is 1110. The lowest BCUT2D eigenvalue weighted by Gasteiger charge is -2.22. The summed E-state index contributed by atoms with van der Waals surface area (Å²) in [5.41, 5.74) is 0.738. The van der Waals surface area contributed by atoms with Crippen LogP contribution < -0.4 is 20.4 Å². The number of ether oxygens (including phenoxy) is 2. The van der Waals surface area contributed by atoms with Gasteiger partial charge >= 0.3 is 5.63 Å². The van der Waals surface area contributed by atoms with Crippen LogP contribution in [0.15, 0.2) is 39.5 Å². The minimum atomic E-state index is -0.429.